The van der Waals surface area contributed by atoms with E-state index >= 15 is 0 Å². The Morgan fingerprint density at radius 2 is 1.81 bits per heavy atom. The number of rotatable bonds is 7. The standard InChI is InChI=1S/C24H22N4O4/c1-16-7-9-19(10-8-16)28(32-17(2)29)24-20-12-22(30-3)23(13-21(20)26-15-27-24)31-14-18-6-4-5-11-25-18/h4-13,15H,14H2,1-3H3. The molecule has 2 aromatic heterocycles. The fraction of sp³-hybridized carbons (Fsp3) is 0.167. The molecule has 0 radical (unpaired) electrons. The molecule has 2 heterocycles. The summed E-state index contributed by atoms with van der Waals surface area (Å²) in [5.41, 5.74) is 3.13. The minimum Gasteiger partial charge on any atom is -0.493 e. The lowest BCUT2D eigenvalue weighted by Gasteiger charge is -2.23. The van der Waals surface area contributed by atoms with Crippen LogP contribution in [0, 0.1) is 6.92 Å². The Bertz CT molecular complexity index is 1230. The van der Waals surface area contributed by atoms with Gasteiger partial charge in [0.15, 0.2) is 17.3 Å². The Morgan fingerprint density at radius 1 is 1.00 bits per heavy atom. The highest BCUT2D eigenvalue weighted by atomic mass is 16.7. The largest absolute Gasteiger partial charge is 0.493 e. The third-order valence-corrected chi connectivity index (χ3v) is 4.68. The highest BCUT2D eigenvalue weighted by Crippen LogP contribution is 2.37. The van der Waals surface area contributed by atoms with Gasteiger partial charge in [-0.3, -0.25) is 4.98 Å². The molecular weight excluding hydrogens is 408 g/mol. The number of aryl methyl sites for hydroxylation is 1. The van der Waals surface area contributed by atoms with Gasteiger partial charge in [0.05, 0.1) is 29.4 Å². The van der Waals surface area contributed by atoms with E-state index in [1.165, 1.54) is 18.3 Å². The highest BCUT2D eigenvalue weighted by Gasteiger charge is 2.20. The minimum absolute atomic E-state index is 0.281. The number of ether oxygens (including phenoxy) is 2. The topological polar surface area (TPSA) is 86.7 Å². The van der Waals surface area contributed by atoms with Gasteiger partial charge in [-0.15, -0.1) is 0 Å². The molecule has 2 aromatic carbocycles. The zero-order valence-electron chi connectivity index (χ0n) is 18.0. The number of nitrogens with zero attached hydrogens (tertiary/aromatic N) is 4. The van der Waals surface area contributed by atoms with Crippen molar-refractivity contribution in [3.8, 4) is 11.5 Å². The van der Waals surface area contributed by atoms with Crippen LogP contribution in [0.4, 0.5) is 11.5 Å². The molecule has 0 saturated carbocycles. The van der Waals surface area contributed by atoms with E-state index in [-0.39, 0.29) is 6.61 Å². The van der Waals surface area contributed by atoms with Crippen LogP contribution in [0.2, 0.25) is 0 Å². The van der Waals surface area contributed by atoms with E-state index in [0.717, 1.165) is 11.3 Å². The number of pyridine rings is 1. The first-order chi connectivity index (χ1) is 15.5. The van der Waals surface area contributed by atoms with Crippen molar-refractivity contribution in [2.75, 3.05) is 12.2 Å². The van der Waals surface area contributed by atoms with Gasteiger partial charge >= 0.3 is 5.97 Å². The molecule has 0 spiro atoms. The van der Waals surface area contributed by atoms with E-state index < -0.39 is 5.97 Å². The first-order valence-electron chi connectivity index (χ1n) is 9.96. The van der Waals surface area contributed by atoms with Crippen molar-refractivity contribution >= 4 is 28.4 Å². The molecule has 0 aliphatic rings. The Labute approximate surface area is 185 Å². The van der Waals surface area contributed by atoms with Gasteiger partial charge in [-0.1, -0.05) is 23.8 Å². The van der Waals surface area contributed by atoms with E-state index in [4.69, 9.17) is 14.3 Å². The molecule has 0 atom stereocenters. The van der Waals surface area contributed by atoms with Gasteiger partial charge in [-0.05, 0) is 37.3 Å². The average Bonchev–Trinajstić information content (AvgIpc) is 2.81. The van der Waals surface area contributed by atoms with Gasteiger partial charge in [0, 0.05) is 19.2 Å². The van der Waals surface area contributed by atoms with Crippen LogP contribution >= 0.6 is 0 Å². The Hall–Kier alpha value is -4.20. The molecule has 32 heavy (non-hydrogen) atoms. The second-order valence-electron chi connectivity index (χ2n) is 7.04. The van der Waals surface area contributed by atoms with Crippen LogP contribution in [0.25, 0.3) is 10.9 Å². The molecule has 4 aromatic rings. The van der Waals surface area contributed by atoms with Gasteiger partial charge in [0.2, 0.25) is 0 Å². The van der Waals surface area contributed by atoms with Crippen molar-refractivity contribution in [3.63, 3.8) is 0 Å². The third-order valence-electron chi connectivity index (χ3n) is 4.68. The molecule has 0 bridgehead atoms. The van der Waals surface area contributed by atoms with Crippen LogP contribution in [-0.4, -0.2) is 28.0 Å². The molecule has 4 rings (SSSR count). The molecule has 0 N–H and O–H groups in total. The summed E-state index contributed by atoms with van der Waals surface area (Å²) in [6.45, 7) is 3.61. The lowest BCUT2D eigenvalue weighted by molar-refractivity contribution is -0.141. The lowest BCUT2D eigenvalue weighted by Crippen LogP contribution is -2.22. The Morgan fingerprint density at radius 3 is 2.50 bits per heavy atom. The maximum absolute atomic E-state index is 11.8. The summed E-state index contributed by atoms with van der Waals surface area (Å²) in [4.78, 5) is 30.4. The van der Waals surface area contributed by atoms with Crippen molar-refractivity contribution in [2.45, 2.75) is 20.5 Å². The highest BCUT2D eigenvalue weighted by molar-refractivity contribution is 5.93. The van der Waals surface area contributed by atoms with E-state index in [9.17, 15) is 4.79 Å². The zero-order valence-corrected chi connectivity index (χ0v) is 18.0. The number of aromatic nitrogens is 3. The zero-order chi connectivity index (χ0) is 22.5. The van der Waals surface area contributed by atoms with E-state index in [2.05, 4.69) is 15.0 Å². The number of hydrogen-bond donors (Lipinski definition) is 0. The van der Waals surface area contributed by atoms with Gasteiger partial charge in [-0.2, -0.15) is 5.06 Å². The SMILES string of the molecule is COc1cc2c(N(OC(C)=O)c3ccc(C)cc3)ncnc2cc1OCc1ccccn1. The second-order valence-corrected chi connectivity index (χ2v) is 7.04. The summed E-state index contributed by atoms with van der Waals surface area (Å²) in [7, 11) is 1.56. The van der Waals surface area contributed by atoms with Crippen LogP contribution in [0.1, 0.15) is 18.2 Å². The van der Waals surface area contributed by atoms with Crippen LogP contribution < -0.4 is 14.5 Å². The van der Waals surface area contributed by atoms with Crippen molar-refractivity contribution in [1.82, 2.24) is 15.0 Å². The summed E-state index contributed by atoms with van der Waals surface area (Å²) in [6.07, 6.45) is 3.13. The first-order valence-corrected chi connectivity index (χ1v) is 9.96. The lowest BCUT2D eigenvalue weighted by atomic mass is 10.2. The van der Waals surface area contributed by atoms with Gasteiger partial charge in [-0.25, -0.2) is 14.8 Å². The normalized spacial score (nSPS) is 10.6. The molecule has 0 unspecified atom stereocenters. The molecule has 0 amide bonds. The predicted molar refractivity (Wildman–Crippen MR) is 120 cm³/mol. The summed E-state index contributed by atoms with van der Waals surface area (Å²) >= 11 is 0. The van der Waals surface area contributed by atoms with Crippen LogP contribution in [0.5, 0.6) is 11.5 Å². The van der Waals surface area contributed by atoms with E-state index in [1.807, 2.05) is 49.4 Å². The monoisotopic (exact) mass is 430 g/mol. The second kappa shape index (κ2) is 9.30. The van der Waals surface area contributed by atoms with Crippen molar-refractivity contribution in [1.29, 1.82) is 0 Å². The molecular formula is C24H22N4O4. The maximum atomic E-state index is 11.8. The molecule has 0 aliphatic heterocycles. The minimum atomic E-state index is -0.473. The van der Waals surface area contributed by atoms with Crippen molar-refractivity contribution in [3.05, 3.63) is 78.4 Å². The number of anilines is 2. The molecule has 8 heteroatoms. The summed E-state index contributed by atoms with van der Waals surface area (Å²) in [5, 5.41) is 2.02. The van der Waals surface area contributed by atoms with E-state index in [0.29, 0.717) is 33.9 Å². The number of carbonyl (C=O) groups is 1. The fourth-order valence-corrected chi connectivity index (χ4v) is 3.15. The predicted octanol–water partition coefficient (Wildman–Crippen LogP) is 4.54. The molecule has 0 fully saturated rings. The molecule has 0 aliphatic carbocycles. The average molecular weight is 430 g/mol. The number of hydrogen-bond acceptors (Lipinski definition) is 8. The van der Waals surface area contributed by atoms with E-state index in [1.54, 1.807) is 25.4 Å². The maximum Gasteiger partial charge on any atom is 0.329 e. The molecule has 8 nitrogen and oxygen atoms in total. The van der Waals surface area contributed by atoms with Crippen molar-refractivity contribution < 1.29 is 19.1 Å². The van der Waals surface area contributed by atoms with Crippen LogP contribution in [0.3, 0.4) is 0 Å². The molecule has 162 valence electrons. The quantitative estimate of drug-likeness (QED) is 0.395. The summed E-state index contributed by atoms with van der Waals surface area (Å²) in [5.74, 6) is 0.948. The van der Waals surface area contributed by atoms with Crippen LogP contribution in [-0.2, 0) is 16.2 Å². The summed E-state index contributed by atoms with van der Waals surface area (Å²) in [6, 6.07) is 16.7. The van der Waals surface area contributed by atoms with Crippen LogP contribution in [0.15, 0.2) is 67.1 Å². The van der Waals surface area contributed by atoms with Gasteiger partial charge in [0.25, 0.3) is 0 Å². The Kier molecular flexibility index (Phi) is 6.12. The number of fused-ring (bicyclic) bond motifs is 1. The fourth-order valence-electron chi connectivity index (χ4n) is 3.15. The molecule has 0 saturated heterocycles. The first kappa shape index (κ1) is 21.0. The summed E-state index contributed by atoms with van der Waals surface area (Å²) < 4.78 is 11.5. The number of carbonyl (C=O) groups excluding carboxylic acids is 1. The van der Waals surface area contributed by atoms with Crippen molar-refractivity contribution in [2.24, 2.45) is 0 Å². The smallest absolute Gasteiger partial charge is 0.329 e. The van der Waals surface area contributed by atoms with Gasteiger partial charge in [0.1, 0.15) is 12.9 Å². The Balaban J connectivity index is 1.76. The van der Waals surface area contributed by atoms with Gasteiger partial charge < -0.3 is 14.3 Å². The number of benzene rings is 2. The third kappa shape index (κ3) is 4.59. The number of methoxy groups -OCH3 is 1.